The van der Waals surface area contributed by atoms with Crippen molar-refractivity contribution in [1.82, 2.24) is 14.6 Å². The van der Waals surface area contributed by atoms with E-state index in [0.29, 0.717) is 30.0 Å². The Kier molecular flexibility index (Phi) is 5.72. The van der Waals surface area contributed by atoms with Crippen LogP contribution in [0.25, 0.3) is 10.6 Å². The summed E-state index contributed by atoms with van der Waals surface area (Å²) in [6.07, 6.45) is 5.04. The van der Waals surface area contributed by atoms with Gasteiger partial charge in [-0.05, 0) is 31.4 Å². The highest BCUT2D eigenvalue weighted by Crippen LogP contribution is 2.33. The van der Waals surface area contributed by atoms with Gasteiger partial charge in [0, 0.05) is 35.9 Å². The molecule has 1 aliphatic heterocycles. The van der Waals surface area contributed by atoms with E-state index in [1.807, 2.05) is 10.3 Å². The maximum absolute atomic E-state index is 14.1. The summed E-state index contributed by atoms with van der Waals surface area (Å²) in [7, 11) is -3.39. The molecule has 29 heavy (non-hydrogen) atoms. The molecule has 2 heterocycles. The standard InChI is InChI=1S/C20H24FN3O3S2/c1-29(26,27)23-17-9-10-24(20(25)13-5-4-6-13)18(17)11-14-12-28-19(22-14)15-7-2-3-8-16(15)21/h2-3,7-8,12-13,17-18,23H,4-6,9-11H2,1H3/t17-,18-/m1/s1. The first kappa shape index (κ1) is 20.4. The van der Waals surface area contributed by atoms with Crippen LogP contribution in [0.4, 0.5) is 4.39 Å². The Hall–Kier alpha value is -1.84. The van der Waals surface area contributed by atoms with E-state index < -0.39 is 10.0 Å². The minimum atomic E-state index is -3.39. The number of carbonyl (C=O) groups excluding carboxylic acids is 1. The molecule has 1 aliphatic carbocycles. The number of hydrogen-bond donors (Lipinski definition) is 1. The number of aromatic nitrogens is 1. The second-order valence-electron chi connectivity index (χ2n) is 7.84. The minimum absolute atomic E-state index is 0.0545. The lowest BCUT2D eigenvalue weighted by atomic mass is 9.84. The van der Waals surface area contributed by atoms with Crippen LogP contribution in [0.15, 0.2) is 29.6 Å². The molecule has 2 atom stereocenters. The van der Waals surface area contributed by atoms with Crippen LogP contribution >= 0.6 is 11.3 Å². The van der Waals surface area contributed by atoms with Crippen molar-refractivity contribution in [3.05, 3.63) is 41.2 Å². The number of nitrogens with one attached hydrogen (secondary N) is 1. The summed E-state index contributed by atoms with van der Waals surface area (Å²) < 4.78 is 40.4. The number of halogens is 1. The van der Waals surface area contributed by atoms with Gasteiger partial charge in [-0.3, -0.25) is 4.79 Å². The third-order valence-electron chi connectivity index (χ3n) is 5.72. The summed E-state index contributed by atoms with van der Waals surface area (Å²) in [5.41, 5.74) is 1.19. The average molecular weight is 438 g/mol. The molecule has 1 saturated heterocycles. The SMILES string of the molecule is CS(=O)(=O)N[C@@H]1CCN(C(=O)C2CCC2)[C@@H]1Cc1csc(-c2ccccc2F)n1. The van der Waals surface area contributed by atoms with Crippen molar-refractivity contribution in [3.8, 4) is 10.6 Å². The Bertz CT molecular complexity index is 1000. The maximum atomic E-state index is 14.1. The van der Waals surface area contributed by atoms with Crippen LogP contribution in [-0.2, 0) is 21.2 Å². The zero-order chi connectivity index (χ0) is 20.6. The third-order valence-corrected chi connectivity index (χ3v) is 7.38. The topological polar surface area (TPSA) is 79.4 Å². The predicted molar refractivity (Wildman–Crippen MR) is 110 cm³/mol. The quantitative estimate of drug-likeness (QED) is 0.754. The van der Waals surface area contributed by atoms with Gasteiger partial charge in [-0.2, -0.15) is 0 Å². The number of carbonyl (C=O) groups is 1. The molecule has 0 bridgehead atoms. The number of likely N-dealkylation sites (tertiary alicyclic amines) is 1. The summed E-state index contributed by atoms with van der Waals surface area (Å²) in [4.78, 5) is 19.3. The molecule has 1 N–H and O–H groups in total. The summed E-state index contributed by atoms with van der Waals surface area (Å²) in [6.45, 7) is 0.539. The van der Waals surface area contributed by atoms with Crippen LogP contribution in [0.1, 0.15) is 31.4 Å². The minimum Gasteiger partial charge on any atom is -0.337 e. The van der Waals surface area contributed by atoms with Crippen LogP contribution in [0, 0.1) is 11.7 Å². The Morgan fingerprint density at radius 1 is 1.31 bits per heavy atom. The third kappa shape index (κ3) is 4.51. The highest BCUT2D eigenvalue weighted by Gasteiger charge is 2.41. The van der Waals surface area contributed by atoms with Gasteiger partial charge in [0.2, 0.25) is 15.9 Å². The van der Waals surface area contributed by atoms with Gasteiger partial charge in [-0.25, -0.2) is 22.5 Å². The molecule has 0 radical (unpaired) electrons. The summed E-state index contributed by atoms with van der Waals surface area (Å²) >= 11 is 1.35. The van der Waals surface area contributed by atoms with Gasteiger partial charge < -0.3 is 4.90 Å². The van der Waals surface area contributed by atoms with Gasteiger partial charge >= 0.3 is 0 Å². The Balaban J connectivity index is 1.56. The average Bonchev–Trinajstić information content (AvgIpc) is 3.21. The first-order chi connectivity index (χ1) is 13.8. The number of nitrogens with zero attached hydrogens (tertiary/aromatic N) is 2. The second kappa shape index (κ2) is 8.12. The van der Waals surface area contributed by atoms with Crippen molar-refractivity contribution in [2.24, 2.45) is 5.92 Å². The number of rotatable bonds is 6. The zero-order valence-corrected chi connectivity index (χ0v) is 17.8. The van der Waals surface area contributed by atoms with E-state index in [0.717, 1.165) is 31.2 Å². The normalized spacial score (nSPS) is 22.6. The van der Waals surface area contributed by atoms with Gasteiger partial charge in [-0.15, -0.1) is 11.3 Å². The predicted octanol–water partition coefficient (Wildman–Crippen LogP) is 2.81. The molecule has 9 heteroatoms. The number of hydrogen-bond acceptors (Lipinski definition) is 5. The second-order valence-corrected chi connectivity index (χ2v) is 10.5. The van der Waals surface area contributed by atoms with Gasteiger partial charge in [0.15, 0.2) is 0 Å². The molecule has 156 valence electrons. The van der Waals surface area contributed by atoms with E-state index in [9.17, 15) is 17.6 Å². The highest BCUT2D eigenvalue weighted by atomic mass is 32.2. The molecule has 0 unspecified atom stereocenters. The summed E-state index contributed by atoms with van der Waals surface area (Å²) in [5, 5.41) is 2.45. The first-order valence-corrected chi connectivity index (χ1v) is 12.6. The van der Waals surface area contributed by atoms with Crippen LogP contribution in [0.5, 0.6) is 0 Å². The van der Waals surface area contributed by atoms with Crippen LogP contribution in [0.3, 0.4) is 0 Å². The van der Waals surface area contributed by atoms with E-state index in [1.54, 1.807) is 18.2 Å². The lowest BCUT2D eigenvalue weighted by Crippen LogP contribution is -2.49. The molecular formula is C20H24FN3O3S2. The fourth-order valence-corrected chi connectivity index (χ4v) is 5.74. The number of amides is 1. The maximum Gasteiger partial charge on any atom is 0.225 e. The van der Waals surface area contributed by atoms with Gasteiger partial charge in [0.05, 0.1) is 18.0 Å². The van der Waals surface area contributed by atoms with Gasteiger partial charge in [0.25, 0.3) is 0 Å². The summed E-state index contributed by atoms with van der Waals surface area (Å²) in [6, 6.07) is 5.87. The van der Waals surface area contributed by atoms with Crippen LogP contribution in [-0.4, -0.2) is 49.1 Å². The molecule has 1 aromatic carbocycles. The van der Waals surface area contributed by atoms with Crippen LogP contribution in [0.2, 0.25) is 0 Å². The molecule has 2 fully saturated rings. The Labute approximate surface area is 174 Å². The molecule has 1 amide bonds. The zero-order valence-electron chi connectivity index (χ0n) is 16.2. The molecule has 0 spiro atoms. The number of sulfonamides is 1. The van der Waals surface area contributed by atoms with Gasteiger partial charge in [-0.1, -0.05) is 18.6 Å². The molecule has 1 aromatic heterocycles. The van der Waals surface area contributed by atoms with E-state index in [4.69, 9.17) is 0 Å². The van der Waals surface area contributed by atoms with Crippen molar-refractivity contribution >= 4 is 27.3 Å². The smallest absolute Gasteiger partial charge is 0.225 e. The van der Waals surface area contributed by atoms with Crippen molar-refractivity contribution in [1.29, 1.82) is 0 Å². The number of thiazole rings is 1. The Morgan fingerprint density at radius 3 is 2.72 bits per heavy atom. The molecule has 1 saturated carbocycles. The summed E-state index contributed by atoms with van der Waals surface area (Å²) in [5.74, 6) is -0.157. The van der Waals surface area contributed by atoms with Crippen molar-refractivity contribution in [2.45, 2.75) is 44.2 Å². The Morgan fingerprint density at radius 2 is 2.07 bits per heavy atom. The van der Waals surface area contributed by atoms with Crippen molar-refractivity contribution < 1.29 is 17.6 Å². The van der Waals surface area contributed by atoms with E-state index in [2.05, 4.69) is 9.71 Å². The van der Waals surface area contributed by atoms with Crippen molar-refractivity contribution in [2.75, 3.05) is 12.8 Å². The van der Waals surface area contributed by atoms with E-state index >= 15 is 0 Å². The fraction of sp³-hybridized carbons (Fsp3) is 0.500. The highest BCUT2D eigenvalue weighted by molar-refractivity contribution is 7.88. The molecule has 2 aliphatic rings. The van der Waals surface area contributed by atoms with Crippen LogP contribution < -0.4 is 4.72 Å². The fourth-order valence-electron chi connectivity index (χ4n) is 4.06. The molecule has 6 nitrogen and oxygen atoms in total. The lowest BCUT2D eigenvalue weighted by Gasteiger charge is -2.34. The van der Waals surface area contributed by atoms with Gasteiger partial charge in [0.1, 0.15) is 10.8 Å². The largest absolute Gasteiger partial charge is 0.337 e. The number of benzene rings is 1. The lowest BCUT2D eigenvalue weighted by molar-refractivity contribution is -0.139. The molecule has 2 aromatic rings. The molecular weight excluding hydrogens is 413 g/mol. The van der Waals surface area contributed by atoms with Crippen molar-refractivity contribution in [3.63, 3.8) is 0 Å². The first-order valence-electron chi connectivity index (χ1n) is 9.79. The molecule has 4 rings (SSSR count). The monoisotopic (exact) mass is 437 g/mol. The van der Waals surface area contributed by atoms with E-state index in [1.165, 1.54) is 17.4 Å². The van der Waals surface area contributed by atoms with E-state index in [-0.39, 0.29) is 29.7 Å².